The van der Waals surface area contributed by atoms with E-state index in [1.807, 2.05) is 0 Å². The molecule has 5 aliphatic carbocycles. The molecule has 44 heavy (non-hydrogen) atoms. The maximum atomic E-state index is 13.6. The van der Waals surface area contributed by atoms with E-state index in [-0.39, 0.29) is 46.0 Å². The van der Waals surface area contributed by atoms with Gasteiger partial charge in [0.1, 0.15) is 11.9 Å². The van der Waals surface area contributed by atoms with E-state index in [1.165, 1.54) is 11.1 Å². The van der Waals surface area contributed by atoms with Crippen LogP contribution < -0.4 is 5.23 Å². The highest BCUT2D eigenvalue weighted by atomic mass is 16.5. The minimum Gasteiger partial charge on any atom is -0.481 e. The molecule has 8 atom stereocenters. The second-order valence-corrected chi connectivity index (χ2v) is 17.8. The van der Waals surface area contributed by atoms with Gasteiger partial charge in [0.05, 0.1) is 11.8 Å². The monoisotopic (exact) mass is 611 g/mol. The lowest BCUT2D eigenvalue weighted by Crippen LogP contribution is -2.65. The number of nitrogens with one attached hydrogen (secondary N) is 1. The largest absolute Gasteiger partial charge is 0.481 e. The van der Waals surface area contributed by atoms with Crippen LogP contribution in [0.4, 0.5) is 0 Å². The summed E-state index contributed by atoms with van der Waals surface area (Å²) in [6, 6.07) is 0. The number of carbonyl (C=O) groups is 3. The number of hydrogen-bond acceptors (Lipinski definition) is 6. The maximum Gasteiger partial charge on any atom is 0.374 e. The number of esters is 1. The molecule has 4 fully saturated rings. The minimum atomic E-state index is -1.07. The Balaban J connectivity index is 1.49. The number of aliphatic carboxylic acids is 1. The van der Waals surface area contributed by atoms with Crippen molar-refractivity contribution in [3.8, 4) is 0 Å². The number of carbonyl (C=O) groups excluding carboxylic acids is 2. The van der Waals surface area contributed by atoms with Gasteiger partial charge in [0, 0.05) is 23.3 Å². The smallest absolute Gasteiger partial charge is 0.374 e. The molecule has 5 rings (SSSR count). The van der Waals surface area contributed by atoms with Crippen molar-refractivity contribution < 1.29 is 29.3 Å². The van der Waals surface area contributed by atoms with E-state index in [9.17, 15) is 24.5 Å². The lowest BCUT2D eigenvalue weighted by atomic mass is 9.34. The number of carboxylic acid groups (broad SMARTS) is 1. The third-order valence-corrected chi connectivity index (χ3v) is 14.2. The summed E-state index contributed by atoms with van der Waals surface area (Å²) >= 11 is 0. The SMILES string of the molecule is CB(O)N[C@@]12CC[C@]3(C)C(=C1C(C(C)C)C(=O)C2)CC[C@@H]1[C@@]2(C)CC[C@H](OC(=O)C(C)(C)CC(=O)O)C(C)(C)[C@@H]2CC[C@]13C. The summed E-state index contributed by atoms with van der Waals surface area (Å²) in [4.78, 5) is 38.3. The zero-order valence-electron chi connectivity index (χ0n) is 29.1. The number of rotatable bonds is 7. The van der Waals surface area contributed by atoms with Crippen molar-refractivity contribution in [2.75, 3.05) is 0 Å². The maximum absolute atomic E-state index is 13.6. The van der Waals surface area contributed by atoms with Crippen LogP contribution in [-0.4, -0.2) is 46.5 Å². The Morgan fingerprint density at radius 1 is 1.02 bits per heavy atom. The van der Waals surface area contributed by atoms with Gasteiger partial charge in [-0.3, -0.25) is 14.4 Å². The average Bonchev–Trinajstić information content (AvgIpc) is 3.16. The van der Waals surface area contributed by atoms with Crippen molar-refractivity contribution in [2.24, 2.45) is 50.7 Å². The van der Waals surface area contributed by atoms with Gasteiger partial charge < -0.3 is 20.1 Å². The van der Waals surface area contributed by atoms with Crippen LogP contribution in [0, 0.1) is 50.7 Å². The summed E-state index contributed by atoms with van der Waals surface area (Å²) in [5, 5.41) is 23.4. The zero-order valence-corrected chi connectivity index (χ0v) is 29.1. The van der Waals surface area contributed by atoms with E-state index in [4.69, 9.17) is 4.74 Å². The highest BCUT2D eigenvalue weighted by Crippen LogP contribution is 2.75. The fourth-order valence-electron chi connectivity index (χ4n) is 12.0. The average molecular weight is 612 g/mol. The van der Waals surface area contributed by atoms with Crippen LogP contribution in [0.1, 0.15) is 127 Å². The van der Waals surface area contributed by atoms with Crippen LogP contribution in [0.2, 0.25) is 6.82 Å². The number of ketones is 1. The second-order valence-electron chi connectivity index (χ2n) is 17.8. The third kappa shape index (κ3) is 4.77. The molecule has 0 bridgehead atoms. The predicted molar refractivity (Wildman–Crippen MR) is 173 cm³/mol. The Hall–Kier alpha value is -1.67. The Kier molecular flexibility index (Phi) is 8.18. The lowest BCUT2D eigenvalue weighted by Gasteiger charge is -2.70. The van der Waals surface area contributed by atoms with E-state index < -0.39 is 29.9 Å². The van der Waals surface area contributed by atoms with Gasteiger partial charge >= 0.3 is 19.0 Å². The number of hydrogen-bond donors (Lipinski definition) is 3. The molecule has 0 heterocycles. The zero-order chi connectivity index (χ0) is 32.8. The first-order chi connectivity index (χ1) is 20.2. The number of Topliss-reactive ketones (excluding diaryl/α,β-unsaturated/α-hetero) is 1. The summed E-state index contributed by atoms with van der Waals surface area (Å²) in [5.41, 5.74) is 1.24. The number of carboxylic acids is 1. The Labute approximate surface area is 265 Å². The fraction of sp³-hybridized carbons (Fsp3) is 0.861. The van der Waals surface area contributed by atoms with Crippen LogP contribution in [0.5, 0.6) is 0 Å². The van der Waals surface area contributed by atoms with Crippen LogP contribution in [0.25, 0.3) is 0 Å². The van der Waals surface area contributed by atoms with Crippen molar-refractivity contribution in [1.29, 1.82) is 0 Å². The van der Waals surface area contributed by atoms with Gasteiger partial charge in [0.15, 0.2) is 0 Å². The summed E-state index contributed by atoms with van der Waals surface area (Å²) < 4.78 is 6.20. The lowest BCUT2D eigenvalue weighted by molar-refractivity contribution is -0.217. The first-order valence-corrected chi connectivity index (χ1v) is 17.3. The van der Waals surface area contributed by atoms with E-state index in [0.29, 0.717) is 24.0 Å². The highest BCUT2D eigenvalue weighted by molar-refractivity contribution is 6.46. The van der Waals surface area contributed by atoms with Crippen LogP contribution >= 0.6 is 0 Å². The molecule has 0 aromatic heterocycles. The summed E-state index contributed by atoms with van der Waals surface area (Å²) in [6.07, 6.45) is 7.91. The molecule has 8 heteroatoms. The molecule has 0 radical (unpaired) electrons. The normalized spacial score (nSPS) is 41.4. The van der Waals surface area contributed by atoms with Gasteiger partial charge in [-0.1, -0.05) is 54.0 Å². The summed E-state index contributed by atoms with van der Waals surface area (Å²) in [5.74, 6) is -0.0433. The van der Waals surface area contributed by atoms with Crippen molar-refractivity contribution in [3.63, 3.8) is 0 Å². The molecule has 0 aromatic rings. The number of allylic oxidation sites excluding steroid dienone is 1. The molecule has 0 amide bonds. The summed E-state index contributed by atoms with van der Waals surface area (Å²) in [6.45, 7) is 21.6. The van der Waals surface area contributed by atoms with Gasteiger partial charge in [-0.25, -0.2) is 0 Å². The molecule has 0 saturated heterocycles. The van der Waals surface area contributed by atoms with Gasteiger partial charge in [0.2, 0.25) is 0 Å². The van der Waals surface area contributed by atoms with E-state index in [0.717, 1.165) is 51.4 Å². The van der Waals surface area contributed by atoms with Crippen molar-refractivity contribution in [2.45, 2.75) is 145 Å². The molecule has 3 N–H and O–H groups in total. The van der Waals surface area contributed by atoms with E-state index in [1.54, 1.807) is 20.7 Å². The summed E-state index contributed by atoms with van der Waals surface area (Å²) in [7, 11) is -0.670. The molecule has 0 aliphatic heterocycles. The quantitative estimate of drug-likeness (QED) is 0.164. The van der Waals surface area contributed by atoms with Crippen LogP contribution in [-0.2, 0) is 19.1 Å². The third-order valence-electron chi connectivity index (χ3n) is 14.2. The fourth-order valence-corrected chi connectivity index (χ4v) is 12.0. The molecule has 0 spiro atoms. The Morgan fingerprint density at radius 3 is 2.27 bits per heavy atom. The van der Waals surface area contributed by atoms with Gasteiger partial charge in [-0.05, 0) is 112 Å². The molecular weight excluding hydrogens is 553 g/mol. The standard InChI is InChI=1S/C36H58BNO6/c1-21(2)28-23(39)19-36(38-37(10)43)18-17-34(8)22(29(28)36)11-12-25-33(7)15-14-26(44-30(42)31(3,4)20-27(40)41)32(5,6)24(33)13-16-35(25,34)9/h21,24-26,28,38,43H,11-20H2,1-10H3,(H,40,41)/t24-,25+,26-,28?,33-,34+,35+,36+/m0/s1. The van der Waals surface area contributed by atoms with Gasteiger partial charge in [-0.2, -0.15) is 0 Å². The van der Waals surface area contributed by atoms with Crippen molar-refractivity contribution in [1.82, 2.24) is 5.23 Å². The van der Waals surface area contributed by atoms with Gasteiger partial charge in [0.25, 0.3) is 0 Å². The van der Waals surface area contributed by atoms with E-state index >= 15 is 0 Å². The molecule has 246 valence electrons. The van der Waals surface area contributed by atoms with Crippen LogP contribution in [0.3, 0.4) is 0 Å². The second kappa shape index (κ2) is 10.7. The van der Waals surface area contributed by atoms with Crippen molar-refractivity contribution in [3.05, 3.63) is 11.1 Å². The number of ether oxygens (including phenoxy) is 1. The van der Waals surface area contributed by atoms with E-state index in [2.05, 4.69) is 53.7 Å². The molecule has 0 aromatic carbocycles. The first-order valence-electron chi connectivity index (χ1n) is 17.3. The topological polar surface area (TPSA) is 113 Å². The molecule has 1 unspecified atom stereocenters. The molecule has 4 saturated carbocycles. The molecule has 7 nitrogen and oxygen atoms in total. The molecular formula is C36H58BNO6. The predicted octanol–water partition coefficient (Wildman–Crippen LogP) is 6.83. The van der Waals surface area contributed by atoms with Crippen molar-refractivity contribution >= 4 is 24.8 Å². The highest BCUT2D eigenvalue weighted by Gasteiger charge is 2.69. The number of fused-ring (bicyclic) bond motifs is 6. The first kappa shape index (κ1) is 33.7. The Bertz CT molecular complexity index is 1250. The minimum absolute atomic E-state index is 0.0187. The Morgan fingerprint density at radius 2 is 1.68 bits per heavy atom. The van der Waals surface area contributed by atoms with Crippen LogP contribution in [0.15, 0.2) is 11.1 Å². The van der Waals surface area contributed by atoms with Gasteiger partial charge in [-0.15, -0.1) is 0 Å². The molecule has 5 aliphatic rings.